The summed E-state index contributed by atoms with van der Waals surface area (Å²) in [4.78, 5) is 54.2. The molecule has 2 aliphatic rings. The average Bonchev–Trinajstić information content (AvgIpc) is 3.39. The average molecular weight is 454 g/mol. The maximum atomic E-state index is 13.8. The third kappa shape index (κ3) is 3.20. The fraction of sp³-hybridized carbons (Fsp3) is 0.185. The first kappa shape index (κ1) is 21.6. The standard InChI is InChI=1S/C27H22N2O5/c30-23(17-28-24(31)20-13-7-8-14-21(20)25(28)32)29-22(26(33)34)15-16-27(29,18-9-3-1-4-10-18)19-11-5-2-6-12-19/h1-14,22H,15-17H2,(H,33,34)/t22-/m0/s1. The van der Waals surface area contributed by atoms with Crippen LogP contribution in [-0.4, -0.2) is 51.2 Å². The number of likely N-dealkylation sites (tertiary alicyclic amines) is 1. The molecule has 0 aromatic heterocycles. The molecule has 1 fully saturated rings. The van der Waals surface area contributed by atoms with Gasteiger partial charge in [0.2, 0.25) is 5.91 Å². The summed E-state index contributed by atoms with van der Waals surface area (Å²) in [5.74, 6) is -2.81. The Kier molecular flexibility index (Phi) is 5.24. The Morgan fingerprint density at radius 2 is 1.26 bits per heavy atom. The summed E-state index contributed by atoms with van der Waals surface area (Å²) < 4.78 is 0. The predicted octanol–water partition coefficient (Wildman–Crippen LogP) is 3.30. The number of hydrogen-bond donors (Lipinski definition) is 1. The van der Waals surface area contributed by atoms with Crippen molar-refractivity contribution in [1.29, 1.82) is 0 Å². The van der Waals surface area contributed by atoms with Crippen LogP contribution in [0.25, 0.3) is 0 Å². The molecule has 1 saturated heterocycles. The van der Waals surface area contributed by atoms with Gasteiger partial charge in [0.1, 0.15) is 12.6 Å². The van der Waals surface area contributed by atoms with Crippen molar-refractivity contribution in [1.82, 2.24) is 9.80 Å². The number of benzene rings is 3. The molecule has 0 radical (unpaired) electrons. The van der Waals surface area contributed by atoms with E-state index in [1.807, 2.05) is 60.7 Å². The number of carboxylic acids is 1. The molecule has 34 heavy (non-hydrogen) atoms. The van der Waals surface area contributed by atoms with E-state index in [1.54, 1.807) is 24.3 Å². The fourth-order valence-corrected chi connectivity index (χ4v) is 5.24. The molecule has 2 aliphatic heterocycles. The first-order valence-corrected chi connectivity index (χ1v) is 11.1. The van der Waals surface area contributed by atoms with E-state index in [4.69, 9.17) is 0 Å². The Balaban J connectivity index is 1.59. The molecule has 5 rings (SSSR count). The maximum absolute atomic E-state index is 13.8. The number of amides is 3. The highest BCUT2D eigenvalue weighted by Crippen LogP contribution is 2.47. The van der Waals surface area contributed by atoms with Crippen LogP contribution in [0.15, 0.2) is 84.9 Å². The molecule has 0 unspecified atom stereocenters. The van der Waals surface area contributed by atoms with Crippen LogP contribution in [0.4, 0.5) is 0 Å². The van der Waals surface area contributed by atoms with Crippen molar-refractivity contribution in [3.63, 3.8) is 0 Å². The third-order valence-electron chi connectivity index (χ3n) is 6.73. The summed E-state index contributed by atoms with van der Waals surface area (Å²) in [5.41, 5.74) is 1.01. The van der Waals surface area contributed by atoms with Gasteiger partial charge in [0.15, 0.2) is 0 Å². The van der Waals surface area contributed by atoms with Crippen molar-refractivity contribution in [2.45, 2.75) is 24.4 Å². The van der Waals surface area contributed by atoms with Crippen molar-refractivity contribution in [2.75, 3.05) is 6.54 Å². The van der Waals surface area contributed by atoms with Gasteiger partial charge in [-0.2, -0.15) is 0 Å². The van der Waals surface area contributed by atoms with Crippen LogP contribution in [0.1, 0.15) is 44.7 Å². The van der Waals surface area contributed by atoms with Crippen LogP contribution in [0, 0.1) is 0 Å². The molecular formula is C27H22N2O5. The van der Waals surface area contributed by atoms with E-state index in [2.05, 4.69) is 0 Å². The lowest BCUT2D eigenvalue weighted by atomic mass is 9.80. The van der Waals surface area contributed by atoms with Crippen molar-refractivity contribution in [3.05, 3.63) is 107 Å². The number of imide groups is 1. The van der Waals surface area contributed by atoms with Gasteiger partial charge in [0, 0.05) is 0 Å². The number of fused-ring (bicyclic) bond motifs is 1. The van der Waals surface area contributed by atoms with Crippen LogP contribution in [-0.2, 0) is 15.1 Å². The highest BCUT2D eigenvalue weighted by atomic mass is 16.4. The molecule has 3 amide bonds. The lowest BCUT2D eigenvalue weighted by molar-refractivity contribution is -0.151. The van der Waals surface area contributed by atoms with E-state index >= 15 is 0 Å². The van der Waals surface area contributed by atoms with Crippen molar-refractivity contribution in [2.24, 2.45) is 0 Å². The molecule has 0 saturated carbocycles. The van der Waals surface area contributed by atoms with E-state index in [0.717, 1.165) is 16.0 Å². The smallest absolute Gasteiger partial charge is 0.326 e. The van der Waals surface area contributed by atoms with Crippen molar-refractivity contribution >= 4 is 23.7 Å². The molecule has 3 aromatic carbocycles. The number of hydrogen-bond acceptors (Lipinski definition) is 4. The molecule has 7 heteroatoms. The zero-order chi connectivity index (χ0) is 23.9. The Labute approximate surface area is 196 Å². The maximum Gasteiger partial charge on any atom is 0.326 e. The highest BCUT2D eigenvalue weighted by Gasteiger charge is 2.54. The summed E-state index contributed by atoms with van der Waals surface area (Å²) in [7, 11) is 0. The number of aliphatic carboxylic acids is 1. The van der Waals surface area contributed by atoms with Gasteiger partial charge in [-0.3, -0.25) is 19.3 Å². The minimum absolute atomic E-state index is 0.243. The number of rotatable bonds is 5. The molecule has 1 atom stereocenters. The Hall–Kier alpha value is -4.26. The quantitative estimate of drug-likeness (QED) is 0.597. The largest absolute Gasteiger partial charge is 0.480 e. The highest BCUT2D eigenvalue weighted by molar-refractivity contribution is 6.22. The zero-order valence-corrected chi connectivity index (χ0v) is 18.3. The molecule has 1 N–H and O–H groups in total. The summed E-state index contributed by atoms with van der Waals surface area (Å²) in [6.45, 7) is -0.530. The van der Waals surface area contributed by atoms with Gasteiger partial charge in [-0.15, -0.1) is 0 Å². The van der Waals surface area contributed by atoms with Gasteiger partial charge < -0.3 is 10.0 Å². The van der Waals surface area contributed by atoms with Crippen molar-refractivity contribution in [3.8, 4) is 0 Å². The Morgan fingerprint density at radius 3 is 1.74 bits per heavy atom. The fourth-order valence-electron chi connectivity index (χ4n) is 5.24. The summed E-state index contributed by atoms with van der Waals surface area (Å²) in [5, 5.41) is 10.0. The third-order valence-corrected chi connectivity index (χ3v) is 6.73. The topological polar surface area (TPSA) is 95.0 Å². The lowest BCUT2D eigenvalue weighted by Crippen LogP contribution is -2.55. The summed E-state index contributed by atoms with van der Waals surface area (Å²) in [6, 6.07) is 23.9. The number of carboxylic acid groups (broad SMARTS) is 1. The molecular weight excluding hydrogens is 432 g/mol. The second kappa shape index (κ2) is 8.26. The molecule has 7 nitrogen and oxygen atoms in total. The van der Waals surface area contributed by atoms with Gasteiger partial charge in [0.05, 0.1) is 16.7 Å². The normalized spacial score (nSPS) is 18.8. The van der Waals surface area contributed by atoms with E-state index in [0.29, 0.717) is 6.42 Å². The SMILES string of the molecule is O=C(O)[C@@H]1CCC(c2ccccc2)(c2ccccc2)N1C(=O)CN1C(=O)c2ccccc2C1=O. The number of carbonyl (C=O) groups excluding carboxylic acids is 3. The van der Waals surface area contributed by atoms with Gasteiger partial charge in [-0.05, 0) is 36.1 Å². The van der Waals surface area contributed by atoms with Gasteiger partial charge in [0.25, 0.3) is 11.8 Å². The zero-order valence-electron chi connectivity index (χ0n) is 18.3. The first-order chi connectivity index (χ1) is 16.4. The molecule has 0 bridgehead atoms. The van der Waals surface area contributed by atoms with E-state index in [-0.39, 0.29) is 17.5 Å². The van der Waals surface area contributed by atoms with Crippen molar-refractivity contribution < 1.29 is 24.3 Å². The van der Waals surface area contributed by atoms with Gasteiger partial charge >= 0.3 is 5.97 Å². The van der Waals surface area contributed by atoms with Gasteiger partial charge in [-0.1, -0.05) is 72.8 Å². The second-order valence-corrected chi connectivity index (χ2v) is 8.49. The number of carbonyl (C=O) groups is 4. The van der Waals surface area contributed by atoms with Crippen LogP contribution < -0.4 is 0 Å². The molecule has 170 valence electrons. The van der Waals surface area contributed by atoms with E-state index < -0.39 is 41.8 Å². The van der Waals surface area contributed by atoms with E-state index in [1.165, 1.54) is 4.90 Å². The van der Waals surface area contributed by atoms with Crippen LogP contribution in [0.5, 0.6) is 0 Å². The molecule has 2 heterocycles. The Bertz CT molecular complexity index is 1210. The second-order valence-electron chi connectivity index (χ2n) is 8.49. The Morgan fingerprint density at radius 1 is 0.794 bits per heavy atom. The minimum atomic E-state index is -1.12. The monoisotopic (exact) mass is 454 g/mol. The molecule has 3 aromatic rings. The summed E-state index contributed by atoms with van der Waals surface area (Å²) >= 11 is 0. The van der Waals surface area contributed by atoms with Crippen LogP contribution in [0.2, 0.25) is 0 Å². The summed E-state index contributed by atoms with van der Waals surface area (Å²) in [6.07, 6.45) is 0.638. The lowest BCUT2D eigenvalue weighted by Gasteiger charge is -2.41. The van der Waals surface area contributed by atoms with E-state index in [9.17, 15) is 24.3 Å². The molecule has 0 spiro atoms. The van der Waals surface area contributed by atoms with Crippen LogP contribution in [0.3, 0.4) is 0 Å². The van der Waals surface area contributed by atoms with Gasteiger partial charge in [-0.25, -0.2) is 4.79 Å². The van der Waals surface area contributed by atoms with Crippen LogP contribution >= 0.6 is 0 Å². The number of nitrogens with zero attached hydrogens (tertiary/aromatic N) is 2. The first-order valence-electron chi connectivity index (χ1n) is 11.1. The molecule has 0 aliphatic carbocycles. The minimum Gasteiger partial charge on any atom is -0.480 e. The predicted molar refractivity (Wildman–Crippen MR) is 123 cm³/mol.